The SMILES string of the molecule is NNC(=O)c1cc(-c2ccc(-c3ccc(OCCNS(=O)(=O)C(F)(F)F)cc3)cc2)nc2ccncc12. The third kappa shape index (κ3) is 5.85. The van der Waals surface area contributed by atoms with Gasteiger partial charge in [0.25, 0.3) is 5.91 Å². The first kappa shape index (κ1) is 26.0. The number of carbonyl (C=O) groups excluding carboxylic acids is 1. The van der Waals surface area contributed by atoms with Crippen molar-refractivity contribution in [1.82, 2.24) is 20.1 Å². The summed E-state index contributed by atoms with van der Waals surface area (Å²) >= 11 is 0. The summed E-state index contributed by atoms with van der Waals surface area (Å²) in [5.41, 5.74) is 0.780. The Morgan fingerprint density at radius 2 is 1.59 bits per heavy atom. The number of hydrazine groups is 1. The van der Waals surface area contributed by atoms with Crippen molar-refractivity contribution in [2.24, 2.45) is 5.84 Å². The molecule has 1 amide bonds. The molecule has 0 bridgehead atoms. The van der Waals surface area contributed by atoms with Gasteiger partial charge in [-0.25, -0.2) is 24.0 Å². The first-order valence-corrected chi connectivity index (χ1v) is 12.2. The number of hydrogen-bond donors (Lipinski definition) is 3. The van der Waals surface area contributed by atoms with E-state index in [-0.39, 0.29) is 6.61 Å². The molecular weight excluding hydrogens is 511 g/mol. The molecule has 192 valence electrons. The lowest BCUT2D eigenvalue weighted by atomic mass is 10.0. The van der Waals surface area contributed by atoms with E-state index in [0.717, 1.165) is 16.7 Å². The molecule has 37 heavy (non-hydrogen) atoms. The molecule has 2 heterocycles. The minimum absolute atomic E-state index is 0.275. The van der Waals surface area contributed by atoms with Crippen molar-refractivity contribution in [3.8, 4) is 28.1 Å². The zero-order valence-electron chi connectivity index (χ0n) is 19.0. The topological polar surface area (TPSA) is 136 Å². The lowest BCUT2D eigenvalue weighted by molar-refractivity contribution is -0.0448. The second-order valence-electron chi connectivity index (χ2n) is 7.72. The van der Waals surface area contributed by atoms with Gasteiger partial charge < -0.3 is 4.74 Å². The largest absolute Gasteiger partial charge is 0.511 e. The molecule has 0 atom stereocenters. The molecule has 0 saturated carbocycles. The van der Waals surface area contributed by atoms with E-state index in [9.17, 15) is 26.4 Å². The Balaban J connectivity index is 1.45. The van der Waals surface area contributed by atoms with E-state index in [4.69, 9.17) is 10.6 Å². The molecule has 4 rings (SSSR count). The van der Waals surface area contributed by atoms with Crippen LogP contribution in [0.3, 0.4) is 0 Å². The Labute approximate surface area is 209 Å². The van der Waals surface area contributed by atoms with Crippen molar-refractivity contribution in [2.45, 2.75) is 5.51 Å². The van der Waals surface area contributed by atoms with Crippen LogP contribution in [0, 0.1) is 0 Å². The molecule has 0 unspecified atom stereocenters. The van der Waals surface area contributed by atoms with Crippen LogP contribution in [0.2, 0.25) is 0 Å². The quantitative estimate of drug-likeness (QED) is 0.137. The Morgan fingerprint density at radius 3 is 2.22 bits per heavy atom. The van der Waals surface area contributed by atoms with Gasteiger partial charge in [0, 0.05) is 29.9 Å². The van der Waals surface area contributed by atoms with Gasteiger partial charge in [0.2, 0.25) is 0 Å². The van der Waals surface area contributed by atoms with Gasteiger partial charge in [0.15, 0.2) is 0 Å². The summed E-state index contributed by atoms with van der Waals surface area (Å²) in [7, 11) is -5.40. The number of amides is 1. The molecule has 0 saturated heterocycles. The van der Waals surface area contributed by atoms with Crippen LogP contribution in [-0.2, 0) is 10.0 Å². The van der Waals surface area contributed by atoms with Crippen LogP contribution in [0.25, 0.3) is 33.3 Å². The fourth-order valence-corrected chi connectivity index (χ4v) is 4.00. The Kier molecular flexibility index (Phi) is 7.38. The second-order valence-corrected chi connectivity index (χ2v) is 9.47. The number of nitrogens with one attached hydrogen (secondary N) is 2. The third-order valence-electron chi connectivity index (χ3n) is 5.32. The monoisotopic (exact) mass is 531 g/mol. The summed E-state index contributed by atoms with van der Waals surface area (Å²) in [6.45, 7) is -0.804. The highest BCUT2D eigenvalue weighted by molar-refractivity contribution is 7.90. The number of aromatic nitrogens is 2. The minimum atomic E-state index is -5.40. The van der Waals surface area contributed by atoms with Gasteiger partial charge in [0.1, 0.15) is 12.4 Å². The van der Waals surface area contributed by atoms with Gasteiger partial charge in [0.05, 0.1) is 16.8 Å². The molecular formula is C24H20F3N5O4S. The van der Waals surface area contributed by atoms with Crippen LogP contribution < -0.4 is 20.7 Å². The lowest BCUT2D eigenvalue weighted by Gasteiger charge is -2.11. The number of alkyl halides is 3. The van der Waals surface area contributed by atoms with Crippen molar-refractivity contribution >= 4 is 26.8 Å². The van der Waals surface area contributed by atoms with Crippen LogP contribution in [-0.4, -0.2) is 43.0 Å². The summed E-state index contributed by atoms with van der Waals surface area (Å²) < 4.78 is 65.7. The molecule has 0 aliphatic carbocycles. The Morgan fingerprint density at radius 1 is 0.973 bits per heavy atom. The maximum atomic E-state index is 12.3. The third-order valence-corrected chi connectivity index (χ3v) is 6.52. The maximum Gasteiger partial charge on any atom is 0.511 e. The highest BCUT2D eigenvalue weighted by Gasteiger charge is 2.45. The number of pyridine rings is 2. The number of halogens is 3. The summed E-state index contributed by atoms with van der Waals surface area (Å²) in [5.74, 6) is 5.24. The molecule has 4 N–H and O–H groups in total. The van der Waals surface area contributed by atoms with E-state index in [2.05, 4.69) is 15.4 Å². The number of ether oxygens (including phenoxy) is 1. The predicted molar refractivity (Wildman–Crippen MR) is 131 cm³/mol. The van der Waals surface area contributed by atoms with E-state index in [1.54, 1.807) is 48.8 Å². The van der Waals surface area contributed by atoms with Gasteiger partial charge in [-0.15, -0.1) is 0 Å². The smallest absolute Gasteiger partial charge is 0.492 e. The summed E-state index contributed by atoms with van der Waals surface area (Å²) in [4.78, 5) is 20.9. The molecule has 13 heteroatoms. The van der Waals surface area contributed by atoms with Crippen molar-refractivity contribution in [2.75, 3.05) is 13.2 Å². The van der Waals surface area contributed by atoms with Gasteiger partial charge in [-0.1, -0.05) is 36.4 Å². The maximum absolute atomic E-state index is 12.3. The number of sulfonamides is 1. The van der Waals surface area contributed by atoms with Crippen LogP contribution >= 0.6 is 0 Å². The molecule has 0 fully saturated rings. The predicted octanol–water partition coefficient (Wildman–Crippen LogP) is 3.39. The van der Waals surface area contributed by atoms with Crippen molar-refractivity contribution < 1.29 is 31.1 Å². The highest BCUT2D eigenvalue weighted by Crippen LogP contribution is 2.28. The Bertz CT molecular complexity index is 1530. The van der Waals surface area contributed by atoms with E-state index in [0.29, 0.717) is 27.9 Å². The van der Waals surface area contributed by atoms with Crippen molar-refractivity contribution in [3.05, 3.63) is 78.6 Å². The first-order valence-electron chi connectivity index (χ1n) is 10.7. The van der Waals surface area contributed by atoms with E-state index >= 15 is 0 Å². The number of nitrogens with zero attached hydrogens (tertiary/aromatic N) is 2. The van der Waals surface area contributed by atoms with Gasteiger partial charge in [-0.3, -0.25) is 15.2 Å². The highest BCUT2D eigenvalue weighted by atomic mass is 32.2. The lowest BCUT2D eigenvalue weighted by Crippen LogP contribution is -2.38. The van der Waals surface area contributed by atoms with Crippen LogP contribution in [0.1, 0.15) is 10.4 Å². The van der Waals surface area contributed by atoms with Crippen molar-refractivity contribution in [3.63, 3.8) is 0 Å². The summed E-state index contributed by atoms with van der Waals surface area (Å²) in [5, 5.41) is 0.575. The first-order chi connectivity index (χ1) is 17.6. The van der Waals surface area contributed by atoms with Crippen LogP contribution in [0.4, 0.5) is 13.2 Å². The summed E-state index contributed by atoms with van der Waals surface area (Å²) in [6, 6.07) is 17.6. The molecule has 2 aromatic carbocycles. The number of fused-ring (bicyclic) bond motifs is 1. The van der Waals surface area contributed by atoms with Gasteiger partial charge >= 0.3 is 15.5 Å². The second kappa shape index (κ2) is 10.5. The zero-order valence-corrected chi connectivity index (χ0v) is 19.8. The standard InChI is InChI=1S/C24H20F3N5O4S/c25-24(26,27)37(34,35)30-11-12-36-18-7-5-16(6-8-18)15-1-3-17(4-2-15)22-13-19(23(33)32-28)20-14-29-10-9-21(20)31-22/h1-10,13-14,30H,11-12,28H2,(H,32,33). The molecule has 4 aromatic rings. The average molecular weight is 532 g/mol. The zero-order chi connectivity index (χ0) is 26.6. The normalized spacial score (nSPS) is 11.9. The summed E-state index contributed by atoms with van der Waals surface area (Å²) in [6.07, 6.45) is 3.13. The van der Waals surface area contributed by atoms with Crippen LogP contribution in [0.15, 0.2) is 73.1 Å². The number of nitrogens with two attached hydrogens (primary N) is 1. The number of benzene rings is 2. The van der Waals surface area contributed by atoms with Crippen LogP contribution in [0.5, 0.6) is 5.75 Å². The fourth-order valence-electron chi connectivity index (χ4n) is 3.49. The van der Waals surface area contributed by atoms with Gasteiger partial charge in [-0.05, 0) is 35.4 Å². The molecule has 0 spiro atoms. The molecule has 2 aromatic heterocycles. The Hall–Kier alpha value is -4.07. The van der Waals surface area contributed by atoms with E-state index < -0.39 is 28.0 Å². The van der Waals surface area contributed by atoms with E-state index in [1.807, 2.05) is 24.3 Å². The number of rotatable bonds is 8. The van der Waals surface area contributed by atoms with Crippen molar-refractivity contribution in [1.29, 1.82) is 0 Å². The fraction of sp³-hybridized carbons (Fsp3) is 0.125. The number of carbonyl (C=O) groups is 1. The molecule has 0 aliphatic rings. The molecule has 0 aliphatic heterocycles. The minimum Gasteiger partial charge on any atom is -0.492 e. The average Bonchev–Trinajstić information content (AvgIpc) is 2.90. The molecule has 0 radical (unpaired) electrons. The van der Waals surface area contributed by atoms with E-state index in [1.165, 1.54) is 4.72 Å². The van der Waals surface area contributed by atoms with Gasteiger partial charge in [-0.2, -0.15) is 13.2 Å². The number of hydrogen-bond acceptors (Lipinski definition) is 7. The number of nitrogen functional groups attached to an aromatic ring is 1. The molecule has 9 nitrogen and oxygen atoms in total.